The lowest BCUT2D eigenvalue weighted by Crippen LogP contribution is -2.48. The first kappa shape index (κ1) is 18.5. The predicted octanol–water partition coefficient (Wildman–Crippen LogP) is 4.65. The normalized spacial score (nSPS) is 37.7. The summed E-state index contributed by atoms with van der Waals surface area (Å²) in [6, 6.07) is 0. The van der Waals surface area contributed by atoms with Crippen LogP contribution in [0.5, 0.6) is 0 Å². The first-order valence-corrected chi connectivity index (χ1v) is 9.19. The van der Waals surface area contributed by atoms with Crippen LogP contribution in [0.2, 0.25) is 0 Å². The molecule has 2 aliphatic carbocycles. The molecule has 0 amide bonds. The monoisotopic (exact) mass is 322 g/mol. The van der Waals surface area contributed by atoms with Crippen LogP contribution >= 0.6 is 0 Å². The summed E-state index contributed by atoms with van der Waals surface area (Å²) in [5.74, 6) is 0.677. The van der Waals surface area contributed by atoms with Crippen LogP contribution in [0.4, 0.5) is 0 Å². The predicted molar refractivity (Wildman–Crippen MR) is 93.1 cm³/mol. The number of hydrogen-bond acceptors (Lipinski definition) is 2. The zero-order valence-electron chi connectivity index (χ0n) is 15.4. The summed E-state index contributed by atoms with van der Waals surface area (Å²) >= 11 is 0. The average molecular weight is 322 g/mol. The fourth-order valence-corrected chi connectivity index (χ4v) is 4.87. The van der Waals surface area contributed by atoms with Crippen LogP contribution in [0.3, 0.4) is 0 Å². The van der Waals surface area contributed by atoms with E-state index in [1.165, 1.54) is 5.57 Å². The van der Waals surface area contributed by atoms with Crippen molar-refractivity contribution in [3.63, 3.8) is 0 Å². The van der Waals surface area contributed by atoms with Gasteiger partial charge in [0.25, 0.3) is 0 Å². The van der Waals surface area contributed by atoms with Gasteiger partial charge < -0.3 is 10.2 Å². The van der Waals surface area contributed by atoms with Crippen molar-refractivity contribution in [2.45, 2.75) is 79.2 Å². The van der Waals surface area contributed by atoms with Gasteiger partial charge >= 0.3 is 5.97 Å². The Morgan fingerprint density at radius 3 is 2.61 bits per heavy atom. The molecular weight excluding hydrogens is 288 g/mol. The molecule has 1 unspecified atom stereocenters. The summed E-state index contributed by atoms with van der Waals surface area (Å²) in [4.78, 5) is 10.9. The van der Waals surface area contributed by atoms with Crippen molar-refractivity contribution < 1.29 is 15.0 Å². The van der Waals surface area contributed by atoms with E-state index in [2.05, 4.69) is 40.7 Å². The van der Waals surface area contributed by atoms with E-state index in [0.29, 0.717) is 11.8 Å². The molecule has 0 radical (unpaired) electrons. The number of hydrogen-bond donors (Lipinski definition) is 2. The number of carbonyl (C=O) groups is 1. The number of aliphatic carboxylic acids is 1. The standard InChI is InChI=1S/C20H34O3/c1-13(12-18(22)23)10-11-20(5)14(2)6-7-15-16(20)8-9-17(21)19(15,3)4/h7,13-14,16-17,21H,6,8-12H2,1-5H3,(H,22,23)/t13?,14-,16+,17+,20+/m1/s1. The summed E-state index contributed by atoms with van der Waals surface area (Å²) in [5, 5.41) is 19.4. The van der Waals surface area contributed by atoms with Gasteiger partial charge in [-0.05, 0) is 55.3 Å². The molecule has 0 heterocycles. The van der Waals surface area contributed by atoms with Crippen molar-refractivity contribution in [3.05, 3.63) is 11.6 Å². The van der Waals surface area contributed by atoms with Crippen molar-refractivity contribution >= 4 is 5.97 Å². The Hall–Kier alpha value is -0.830. The Bertz CT molecular complexity index is 479. The minimum atomic E-state index is -0.693. The van der Waals surface area contributed by atoms with Gasteiger partial charge in [0.05, 0.1) is 6.10 Å². The third kappa shape index (κ3) is 3.50. The Balaban J connectivity index is 2.17. The van der Waals surface area contributed by atoms with E-state index in [1.54, 1.807) is 0 Å². The molecule has 3 nitrogen and oxygen atoms in total. The topological polar surface area (TPSA) is 57.5 Å². The maximum Gasteiger partial charge on any atom is 0.303 e. The molecule has 0 spiro atoms. The zero-order chi connectivity index (χ0) is 17.4. The molecular formula is C20H34O3. The van der Waals surface area contributed by atoms with Gasteiger partial charge in [0.2, 0.25) is 0 Å². The molecule has 0 aromatic heterocycles. The van der Waals surface area contributed by atoms with Crippen molar-refractivity contribution in [1.29, 1.82) is 0 Å². The van der Waals surface area contributed by atoms with Gasteiger partial charge in [-0.25, -0.2) is 0 Å². The van der Waals surface area contributed by atoms with E-state index in [9.17, 15) is 9.90 Å². The molecule has 2 aliphatic rings. The molecule has 2 N–H and O–H groups in total. The number of carboxylic acids is 1. The smallest absolute Gasteiger partial charge is 0.303 e. The van der Waals surface area contributed by atoms with Gasteiger partial charge in [0.15, 0.2) is 0 Å². The van der Waals surface area contributed by atoms with Crippen molar-refractivity contribution in [2.24, 2.45) is 28.6 Å². The number of rotatable bonds is 5. The molecule has 0 saturated heterocycles. The maximum absolute atomic E-state index is 10.9. The Labute approximate surface area is 141 Å². The fraction of sp³-hybridized carbons (Fsp3) is 0.850. The summed E-state index contributed by atoms with van der Waals surface area (Å²) in [6.45, 7) is 11.2. The van der Waals surface area contributed by atoms with Gasteiger partial charge in [-0.2, -0.15) is 0 Å². The minimum absolute atomic E-state index is 0.128. The molecule has 0 aromatic carbocycles. The molecule has 2 rings (SSSR count). The largest absolute Gasteiger partial charge is 0.481 e. The third-order valence-corrected chi connectivity index (χ3v) is 6.99. The van der Waals surface area contributed by atoms with Crippen molar-refractivity contribution in [1.82, 2.24) is 0 Å². The second-order valence-electron chi connectivity index (χ2n) is 8.91. The SMILES string of the molecule is CC(CC[C@@]1(C)[C@H](C)CC=C2[C@@H]1CC[C@H](O)C2(C)C)CC(=O)O. The van der Waals surface area contributed by atoms with Gasteiger partial charge in [0, 0.05) is 11.8 Å². The molecule has 1 saturated carbocycles. The van der Waals surface area contributed by atoms with Gasteiger partial charge in [-0.1, -0.05) is 46.3 Å². The Morgan fingerprint density at radius 1 is 1.35 bits per heavy atom. The van der Waals surface area contributed by atoms with Crippen LogP contribution in [-0.4, -0.2) is 22.3 Å². The van der Waals surface area contributed by atoms with Gasteiger partial charge in [0.1, 0.15) is 0 Å². The zero-order valence-corrected chi connectivity index (χ0v) is 15.4. The molecule has 23 heavy (non-hydrogen) atoms. The first-order chi connectivity index (χ1) is 10.6. The number of aliphatic hydroxyl groups is 1. The van der Waals surface area contributed by atoms with E-state index in [0.717, 1.165) is 32.1 Å². The summed E-state index contributed by atoms with van der Waals surface area (Å²) in [5.41, 5.74) is 1.54. The molecule has 0 bridgehead atoms. The van der Waals surface area contributed by atoms with Crippen molar-refractivity contribution in [3.8, 4) is 0 Å². The number of fused-ring (bicyclic) bond motifs is 1. The lowest BCUT2D eigenvalue weighted by Gasteiger charge is -2.54. The fourth-order valence-electron chi connectivity index (χ4n) is 4.87. The van der Waals surface area contributed by atoms with E-state index in [4.69, 9.17) is 5.11 Å². The Kier molecular flexibility index (Phi) is 5.30. The van der Waals surface area contributed by atoms with Crippen LogP contribution in [-0.2, 0) is 4.79 Å². The van der Waals surface area contributed by atoms with Crippen molar-refractivity contribution in [2.75, 3.05) is 0 Å². The van der Waals surface area contributed by atoms with E-state index >= 15 is 0 Å². The van der Waals surface area contributed by atoms with Crippen LogP contribution < -0.4 is 0 Å². The second kappa shape index (κ2) is 6.58. The number of carboxylic acid groups (broad SMARTS) is 1. The van der Waals surface area contributed by atoms with E-state index in [-0.39, 0.29) is 29.3 Å². The molecule has 132 valence electrons. The van der Waals surface area contributed by atoms with Crippen LogP contribution in [0.25, 0.3) is 0 Å². The lowest BCUT2D eigenvalue weighted by molar-refractivity contribution is -0.138. The Morgan fingerprint density at radius 2 is 2.00 bits per heavy atom. The highest BCUT2D eigenvalue weighted by Crippen LogP contribution is 2.58. The van der Waals surface area contributed by atoms with Crippen LogP contribution in [0.15, 0.2) is 11.6 Å². The molecule has 3 heteroatoms. The number of allylic oxidation sites excluding steroid dienone is 1. The summed E-state index contributed by atoms with van der Waals surface area (Å²) in [7, 11) is 0. The van der Waals surface area contributed by atoms with Crippen LogP contribution in [0.1, 0.15) is 73.1 Å². The minimum Gasteiger partial charge on any atom is -0.481 e. The third-order valence-electron chi connectivity index (χ3n) is 6.99. The average Bonchev–Trinajstić information content (AvgIpc) is 2.44. The molecule has 0 aliphatic heterocycles. The number of aliphatic hydroxyl groups excluding tert-OH is 1. The first-order valence-electron chi connectivity index (χ1n) is 9.19. The highest BCUT2D eigenvalue weighted by atomic mass is 16.4. The van der Waals surface area contributed by atoms with Crippen LogP contribution in [0, 0.1) is 28.6 Å². The quantitative estimate of drug-likeness (QED) is 0.725. The van der Waals surface area contributed by atoms with E-state index in [1.807, 2.05) is 0 Å². The molecule has 0 aromatic rings. The lowest BCUT2D eigenvalue weighted by atomic mass is 9.51. The van der Waals surface area contributed by atoms with Gasteiger partial charge in [-0.3, -0.25) is 4.79 Å². The molecule has 1 fully saturated rings. The van der Waals surface area contributed by atoms with Gasteiger partial charge in [-0.15, -0.1) is 0 Å². The molecule has 5 atom stereocenters. The highest BCUT2D eigenvalue weighted by Gasteiger charge is 2.50. The van der Waals surface area contributed by atoms with E-state index < -0.39 is 5.97 Å². The summed E-state index contributed by atoms with van der Waals surface area (Å²) < 4.78 is 0. The maximum atomic E-state index is 10.9. The highest BCUT2D eigenvalue weighted by molar-refractivity contribution is 5.66. The summed E-state index contributed by atoms with van der Waals surface area (Å²) in [6.07, 6.45) is 7.48. The second-order valence-corrected chi connectivity index (χ2v) is 8.91.